The molecule has 0 radical (unpaired) electrons. The van der Waals surface area contributed by atoms with Crippen molar-refractivity contribution < 1.29 is 4.79 Å². The second-order valence-corrected chi connectivity index (χ2v) is 7.63. The molecule has 0 bridgehead atoms. The van der Waals surface area contributed by atoms with Crippen LogP contribution in [0.4, 0.5) is 0 Å². The zero-order chi connectivity index (χ0) is 17.7. The molecule has 2 fully saturated rings. The second-order valence-electron chi connectivity index (χ2n) is 7.44. The molecule has 3 atom stereocenters. The first-order valence-corrected chi connectivity index (χ1v) is 9.73. The number of carbonyl (C=O) groups excluding carboxylic acids is 1. The van der Waals surface area contributed by atoms with Crippen molar-refractivity contribution in [3.63, 3.8) is 0 Å². The smallest absolute Gasteiger partial charge is 0.250 e. The van der Waals surface area contributed by atoms with Gasteiger partial charge in [0.1, 0.15) is 0 Å². The number of nitrogens with one attached hydrogen (secondary N) is 1. The van der Waals surface area contributed by atoms with Crippen LogP contribution in [-0.4, -0.2) is 40.6 Å². The first-order valence-electron chi connectivity index (χ1n) is 9.32. The molecule has 1 amide bonds. The number of carbonyl (C=O) groups is 1. The quantitative estimate of drug-likeness (QED) is 0.645. The summed E-state index contributed by atoms with van der Waals surface area (Å²) in [6.45, 7) is 4.50. The summed E-state index contributed by atoms with van der Waals surface area (Å²) in [6.07, 6.45) is 7.11. The Hall–Kier alpha value is -1.55. The number of nitrogens with zero attached hydrogens (tertiary/aromatic N) is 2. The molecule has 1 N–H and O–H groups in total. The first-order chi connectivity index (χ1) is 12.1. The van der Waals surface area contributed by atoms with Crippen LogP contribution in [0.1, 0.15) is 57.1 Å². The van der Waals surface area contributed by atoms with Gasteiger partial charge in [0.15, 0.2) is 6.04 Å². The van der Waals surface area contributed by atoms with Gasteiger partial charge in [0.25, 0.3) is 5.91 Å². The van der Waals surface area contributed by atoms with Gasteiger partial charge in [-0.1, -0.05) is 43.2 Å². The number of hydrogen-bond donors (Lipinski definition) is 1. The van der Waals surface area contributed by atoms with Crippen molar-refractivity contribution >= 4 is 23.3 Å². The number of likely N-dealkylation sites (tertiary alicyclic amines) is 1. The average molecular weight is 358 g/mol. The molecule has 2 aliphatic rings. The van der Waals surface area contributed by atoms with Crippen LogP contribution in [0.15, 0.2) is 35.3 Å². The summed E-state index contributed by atoms with van der Waals surface area (Å²) in [4.78, 5) is 19.8. The van der Waals surface area contributed by atoms with Crippen LogP contribution in [0.5, 0.6) is 0 Å². The van der Waals surface area contributed by atoms with Crippen LogP contribution in [-0.2, 0) is 4.79 Å². The van der Waals surface area contributed by atoms with E-state index in [9.17, 15) is 4.79 Å². The molecule has 3 rings (SSSR count). The summed E-state index contributed by atoms with van der Waals surface area (Å²) in [6, 6.07) is 9.42. The minimum atomic E-state index is -0.614. The molecule has 25 heavy (non-hydrogen) atoms. The third-order valence-electron chi connectivity index (χ3n) is 5.69. The molecule has 1 aromatic carbocycles. The van der Waals surface area contributed by atoms with Crippen LogP contribution in [0, 0.1) is 0 Å². The molecule has 5 heteroatoms. The van der Waals surface area contributed by atoms with Gasteiger partial charge in [0, 0.05) is 6.04 Å². The fourth-order valence-electron chi connectivity index (χ4n) is 4.42. The standard InChI is InChI=1S/C20H27N3OS/c1-20(12-6-5-11-17(20)23-13-7-8-14-23)22-19(24)18(21-15-25)16-9-3-2-4-10-16/h2-4,9-10,17-18H,5-8,11-14H2,1H3,(H,22,24)/t17-,18-,20-/m0/s1. The van der Waals surface area contributed by atoms with Gasteiger partial charge in [-0.05, 0) is 63.5 Å². The van der Waals surface area contributed by atoms with Crippen molar-refractivity contribution in [3.8, 4) is 0 Å². The molecule has 1 aromatic rings. The van der Waals surface area contributed by atoms with Gasteiger partial charge in [0.05, 0.1) is 10.7 Å². The van der Waals surface area contributed by atoms with E-state index in [1.165, 1.54) is 19.3 Å². The van der Waals surface area contributed by atoms with Gasteiger partial charge in [-0.2, -0.15) is 0 Å². The molecule has 134 valence electrons. The van der Waals surface area contributed by atoms with E-state index < -0.39 is 6.04 Å². The lowest BCUT2D eigenvalue weighted by atomic mass is 9.77. The Morgan fingerprint density at radius 3 is 2.68 bits per heavy atom. The van der Waals surface area contributed by atoms with Crippen molar-refractivity contribution in [3.05, 3.63) is 35.9 Å². The molecule has 1 heterocycles. The topological polar surface area (TPSA) is 44.7 Å². The van der Waals surface area contributed by atoms with Crippen LogP contribution in [0.3, 0.4) is 0 Å². The van der Waals surface area contributed by atoms with Crippen molar-refractivity contribution in [1.29, 1.82) is 0 Å². The van der Waals surface area contributed by atoms with E-state index in [1.54, 1.807) is 0 Å². The summed E-state index contributed by atoms with van der Waals surface area (Å²) >= 11 is 4.79. The number of hydrogen-bond acceptors (Lipinski definition) is 4. The zero-order valence-corrected chi connectivity index (χ0v) is 15.7. The Morgan fingerprint density at radius 1 is 1.28 bits per heavy atom. The van der Waals surface area contributed by atoms with E-state index >= 15 is 0 Å². The highest BCUT2D eigenvalue weighted by atomic mass is 32.1. The Balaban J connectivity index is 1.79. The lowest BCUT2D eigenvalue weighted by molar-refractivity contribution is -0.125. The fourth-order valence-corrected chi connectivity index (χ4v) is 4.53. The maximum Gasteiger partial charge on any atom is 0.250 e. The van der Waals surface area contributed by atoms with Crippen LogP contribution in [0.2, 0.25) is 0 Å². The highest BCUT2D eigenvalue weighted by Crippen LogP contribution is 2.34. The highest BCUT2D eigenvalue weighted by molar-refractivity contribution is 7.78. The molecule has 1 aliphatic heterocycles. The summed E-state index contributed by atoms with van der Waals surface area (Å²) < 4.78 is 0. The van der Waals surface area contributed by atoms with E-state index in [2.05, 4.69) is 27.3 Å². The SMILES string of the molecule is C[C@]1(NC(=O)[C@@H](N=C=S)c2ccccc2)CCCC[C@@H]1N1CCCC1. The molecule has 1 aliphatic carbocycles. The third-order valence-corrected chi connectivity index (χ3v) is 5.80. The van der Waals surface area contributed by atoms with E-state index in [0.29, 0.717) is 6.04 Å². The summed E-state index contributed by atoms with van der Waals surface area (Å²) in [5.74, 6) is -0.0721. The van der Waals surface area contributed by atoms with Crippen molar-refractivity contribution in [2.45, 2.75) is 63.1 Å². The van der Waals surface area contributed by atoms with E-state index in [0.717, 1.165) is 37.9 Å². The molecule has 0 unspecified atom stereocenters. The van der Waals surface area contributed by atoms with Gasteiger partial charge in [-0.15, -0.1) is 0 Å². The third kappa shape index (κ3) is 4.17. The normalized spacial score (nSPS) is 28.1. The number of benzene rings is 1. The minimum Gasteiger partial charge on any atom is -0.347 e. The summed E-state index contributed by atoms with van der Waals surface area (Å²) in [5.41, 5.74) is 0.651. The number of thiocarbonyl (C=S) groups is 1. The summed E-state index contributed by atoms with van der Waals surface area (Å²) in [5, 5.41) is 5.75. The number of amides is 1. The van der Waals surface area contributed by atoms with E-state index in [-0.39, 0.29) is 11.4 Å². The molecule has 4 nitrogen and oxygen atoms in total. The maximum absolute atomic E-state index is 13.1. The fraction of sp³-hybridized carbons (Fsp3) is 0.600. The molecule has 1 saturated carbocycles. The Labute approximate surface area is 155 Å². The van der Waals surface area contributed by atoms with Crippen molar-refractivity contribution in [2.24, 2.45) is 4.99 Å². The van der Waals surface area contributed by atoms with E-state index in [4.69, 9.17) is 12.2 Å². The van der Waals surface area contributed by atoms with Crippen molar-refractivity contribution in [1.82, 2.24) is 10.2 Å². The second kappa shape index (κ2) is 8.22. The number of aliphatic imine (C=N–C) groups is 1. The molecule has 0 aromatic heterocycles. The zero-order valence-electron chi connectivity index (χ0n) is 14.9. The molecular weight excluding hydrogens is 330 g/mol. The monoisotopic (exact) mass is 357 g/mol. The van der Waals surface area contributed by atoms with Gasteiger partial charge in [-0.3, -0.25) is 9.69 Å². The van der Waals surface area contributed by atoms with Gasteiger partial charge >= 0.3 is 0 Å². The maximum atomic E-state index is 13.1. The molecule has 1 saturated heterocycles. The minimum absolute atomic E-state index is 0.0721. The van der Waals surface area contributed by atoms with Crippen LogP contribution in [0.25, 0.3) is 0 Å². The lowest BCUT2D eigenvalue weighted by Gasteiger charge is -2.46. The van der Waals surface area contributed by atoms with Crippen molar-refractivity contribution in [2.75, 3.05) is 13.1 Å². The highest BCUT2D eigenvalue weighted by Gasteiger charge is 2.42. The Bertz CT molecular complexity index is 638. The number of rotatable bonds is 5. The lowest BCUT2D eigenvalue weighted by Crippen LogP contribution is -2.62. The van der Waals surface area contributed by atoms with E-state index in [1.807, 2.05) is 30.3 Å². The number of isothiocyanates is 1. The van der Waals surface area contributed by atoms with Gasteiger partial charge < -0.3 is 5.32 Å². The van der Waals surface area contributed by atoms with Crippen LogP contribution >= 0.6 is 12.2 Å². The predicted octanol–water partition coefficient (Wildman–Crippen LogP) is 3.74. The first kappa shape index (κ1) is 18.2. The summed E-state index contributed by atoms with van der Waals surface area (Å²) in [7, 11) is 0. The van der Waals surface area contributed by atoms with Gasteiger partial charge in [-0.25, -0.2) is 4.99 Å². The molecule has 0 spiro atoms. The Kier molecular flexibility index (Phi) is 6.00. The van der Waals surface area contributed by atoms with Gasteiger partial charge in [0.2, 0.25) is 0 Å². The molecular formula is C20H27N3OS. The average Bonchev–Trinajstić information content (AvgIpc) is 3.14. The van der Waals surface area contributed by atoms with Crippen LogP contribution < -0.4 is 5.32 Å². The predicted molar refractivity (Wildman–Crippen MR) is 104 cm³/mol. The largest absolute Gasteiger partial charge is 0.347 e. The Morgan fingerprint density at radius 2 is 2.00 bits per heavy atom.